The van der Waals surface area contributed by atoms with Crippen molar-refractivity contribution in [3.8, 4) is 0 Å². The number of carbonyl (C=O) groups excluding carboxylic acids is 2. The zero-order valence-corrected chi connectivity index (χ0v) is 14.0. The number of hydroxylamine groups is 2. The Morgan fingerprint density at radius 3 is 2.45 bits per heavy atom. The summed E-state index contributed by atoms with van der Waals surface area (Å²) in [5.74, 6) is -0.425. The number of amides is 3. The molecule has 2 fully saturated rings. The van der Waals surface area contributed by atoms with E-state index >= 15 is 0 Å². The molecule has 114 valence electrons. The Balaban J connectivity index is 2.16. The van der Waals surface area contributed by atoms with Crippen LogP contribution in [0.25, 0.3) is 0 Å². The Bertz CT molecular complexity index is 433. The van der Waals surface area contributed by atoms with Crippen LogP contribution in [0.5, 0.6) is 0 Å². The fourth-order valence-corrected chi connectivity index (χ4v) is 3.42. The number of rotatable bonds is 3. The van der Waals surface area contributed by atoms with Gasteiger partial charge < -0.3 is 15.2 Å². The van der Waals surface area contributed by atoms with Crippen LogP contribution in [0, 0.1) is 0 Å². The second kappa shape index (κ2) is 4.73. The summed E-state index contributed by atoms with van der Waals surface area (Å²) in [6.07, 6.45) is 1.40. The van der Waals surface area contributed by atoms with Gasteiger partial charge in [-0.15, -0.1) is 0 Å². The predicted molar refractivity (Wildman–Crippen MR) is 78.2 cm³/mol. The van der Waals surface area contributed by atoms with Gasteiger partial charge in [-0.1, -0.05) is 20.8 Å². The average Bonchev–Trinajstić information content (AvgIpc) is 2.52. The molecule has 2 aliphatic heterocycles. The normalized spacial score (nSPS) is 27.1. The molecule has 0 aliphatic carbocycles. The Hall–Kier alpha value is -1.08. The van der Waals surface area contributed by atoms with Gasteiger partial charge in [-0.25, -0.2) is 9.86 Å². The average molecular weight is 299 g/mol. The van der Waals surface area contributed by atoms with E-state index in [-0.39, 0.29) is 17.1 Å². The molecule has 2 aliphatic rings. The van der Waals surface area contributed by atoms with E-state index in [1.54, 1.807) is 4.90 Å². The van der Waals surface area contributed by atoms with Crippen molar-refractivity contribution in [3.63, 3.8) is 0 Å². The fourth-order valence-electron chi connectivity index (χ4n) is 2.43. The second-order valence-electron chi connectivity index (χ2n) is 7.26. The summed E-state index contributed by atoms with van der Waals surface area (Å²) in [5.41, 5.74) is 5.37. The molecule has 2 atom stereocenters. The van der Waals surface area contributed by atoms with Gasteiger partial charge in [-0.3, -0.25) is 4.79 Å². The maximum atomic E-state index is 12.4. The first kappa shape index (κ1) is 15.3. The molecule has 20 heavy (non-hydrogen) atoms. The summed E-state index contributed by atoms with van der Waals surface area (Å²) in [6.45, 7) is 11.2. The van der Waals surface area contributed by atoms with Gasteiger partial charge in [0.25, 0.3) is 0 Å². The second-order valence-corrected chi connectivity index (χ2v) is 12.0. The molecule has 2 rings (SSSR count). The first-order valence-electron chi connectivity index (χ1n) is 7.13. The molecule has 0 spiro atoms. The molecule has 2 heterocycles. The first-order valence-corrected chi connectivity index (χ1v) is 10.0. The zero-order valence-electron chi connectivity index (χ0n) is 13.0. The number of primary amides is 1. The molecule has 3 amide bonds. The minimum absolute atomic E-state index is 0.0302. The molecule has 2 N–H and O–H groups in total. The van der Waals surface area contributed by atoms with Crippen LogP contribution >= 0.6 is 0 Å². The lowest BCUT2D eigenvalue weighted by Gasteiger charge is -2.39. The number of urea groups is 1. The Morgan fingerprint density at radius 2 is 1.95 bits per heavy atom. The lowest BCUT2D eigenvalue weighted by Crippen LogP contribution is -2.49. The van der Waals surface area contributed by atoms with Gasteiger partial charge in [0.2, 0.25) is 14.2 Å². The number of nitrogens with two attached hydrogens (primary N) is 1. The molecular weight excluding hydrogens is 274 g/mol. The van der Waals surface area contributed by atoms with Crippen LogP contribution in [0.15, 0.2) is 0 Å². The molecule has 0 aromatic carbocycles. The Morgan fingerprint density at radius 1 is 1.35 bits per heavy atom. The number of hydrogen-bond acceptors (Lipinski definition) is 3. The molecule has 7 heteroatoms. The summed E-state index contributed by atoms with van der Waals surface area (Å²) in [5, 5.41) is 1.54. The third kappa shape index (κ3) is 2.44. The number of fused-ring (bicyclic) bond motifs is 2. The van der Waals surface area contributed by atoms with E-state index in [0.29, 0.717) is 13.0 Å². The van der Waals surface area contributed by atoms with E-state index in [4.69, 9.17) is 10.3 Å². The van der Waals surface area contributed by atoms with Gasteiger partial charge in [0.15, 0.2) is 0 Å². The molecule has 2 saturated heterocycles. The van der Waals surface area contributed by atoms with Crippen molar-refractivity contribution in [2.45, 2.75) is 63.8 Å². The maximum Gasteiger partial charge on any atom is 0.344 e. The van der Waals surface area contributed by atoms with Crippen LogP contribution in [0.1, 0.15) is 33.6 Å². The van der Waals surface area contributed by atoms with Crippen LogP contribution in [-0.4, -0.2) is 48.8 Å². The molecule has 0 aromatic rings. The number of piperidine rings is 1. The highest BCUT2D eigenvalue weighted by atomic mass is 28.4. The van der Waals surface area contributed by atoms with Gasteiger partial charge in [-0.05, 0) is 31.0 Å². The summed E-state index contributed by atoms with van der Waals surface area (Å²) in [7, 11) is -2.06. The van der Waals surface area contributed by atoms with Crippen molar-refractivity contribution in [3.05, 3.63) is 0 Å². The zero-order chi connectivity index (χ0) is 15.3. The van der Waals surface area contributed by atoms with Crippen molar-refractivity contribution >= 4 is 20.3 Å². The van der Waals surface area contributed by atoms with E-state index in [1.165, 1.54) is 5.06 Å². The van der Waals surface area contributed by atoms with Crippen LogP contribution in [-0.2, 0) is 9.32 Å². The van der Waals surface area contributed by atoms with E-state index in [9.17, 15) is 9.59 Å². The van der Waals surface area contributed by atoms with Crippen LogP contribution in [0.4, 0.5) is 4.79 Å². The minimum atomic E-state index is -2.06. The first-order chi connectivity index (χ1) is 9.04. The van der Waals surface area contributed by atoms with Crippen molar-refractivity contribution in [1.29, 1.82) is 0 Å². The van der Waals surface area contributed by atoms with Crippen molar-refractivity contribution in [2.24, 2.45) is 5.73 Å². The fraction of sp³-hybridized carbons (Fsp3) is 0.846. The molecule has 0 saturated carbocycles. The highest BCUT2D eigenvalue weighted by molar-refractivity contribution is 6.74. The highest BCUT2D eigenvalue weighted by Crippen LogP contribution is 2.40. The van der Waals surface area contributed by atoms with Gasteiger partial charge in [-0.2, -0.15) is 0 Å². The van der Waals surface area contributed by atoms with Crippen molar-refractivity contribution in [1.82, 2.24) is 9.96 Å². The van der Waals surface area contributed by atoms with Crippen LogP contribution < -0.4 is 5.73 Å². The summed E-state index contributed by atoms with van der Waals surface area (Å²) < 4.78 is 6.15. The summed E-state index contributed by atoms with van der Waals surface area (Å²) >= 11 is 0. The maximum absolute atomic E-state index is 12.4. The lowest BCUT2D eigenvalue weighted by molar-refractivity contribution is -0.122. The number of nitrogens with zero attached hydrogens (tertiary/aromatic N) is 2. The minimum Gasteiger partial charge on any atom is -0.368 e. The third-order valence-electron chi connectivity index (χ3n) is 4.78. The quantitative estimate of drug-likeness (QED) is 0.806. The van der Waals surface area contributed by atoms with Crippen molar-refractivity contribution in [2.75, 3.05) is 6.54 Å². The predicted octanol–water partition coefficient (Wildman–Crippen LogP) is 1.68. The third-order valence-corrected chi connectivity index (χ3v) is 9.05. The molecule has 2 bridgehead atoms. The Labute approximate surface area is 121 Å². The van der Waals surface area contributed by atoms with Gasteiger partial charge in [0, 0.05) is 6.54 Å². The smallest absolute Gasteiger partial charge is 0.344 e. The van der Waals surface area contributed by atoms with E-state index < -0.39 is 20.3 Å². The van der Waals surface area contributed by atoms with Gasteiger partial charge >= 0.3 is 6.03 Å². The summed E-state index contributed by atoms with van der Waals surface area (Å²) in [4.78, 5) is 25.4. The largest absolute Gasteiger partial charge is 0.368 e. The van der Waals surface area contributed by atoms with Gasteiger partial charge in [0.05, 0.1) is 6.04 Å². The Kier molecular flexibility index (Phi) is 3.62. The van der Waals surface area contributed by atoms with Crippen LogP contribution in [0.3, 0.4) is 0 Å². The molecule has 0 unspecified atom stereocenters. The van der Waals surface area contributed by atoms with Gasteiger partial charge in [0.1, 0.15) is 6.04 Å². The van der Waals surface area contributed by atoms with E-state index in [0.717, 1.165) is 6.42 Å². The van der Waals surface area contributed by atoms with E-state index in [2.05, 4.69) is 33.9 Å². The molecule has 6 nitrogen and oxygen atoms in total. The molecular formula is C13H25N3O3Si. The monoisotopic (exact) mass is 299 g/mol. The summed E-state index contributed by atoms with van der Waals surface area (Å²) in [6, 6.07) is -0.639. The molecule has 0 radical (unpaired) electrons. The van der Waals surface area contributed by atoms with E-state index in [1.807, 2.05) is 0 Å². The number of hydrogen-bond donors (Lipinski definition) is 1. The molecule has 0 aromatic heterocycles. The standard InChI is InChI=1S/C13H25N3O3Si/c1-13(2,3)20(4,5)19-16-9-6-7-10(11(14)17)15(8-9)12(16)18/h9-10H,6-8H2,1-5H3,(H2,14,17)/t9-,10+/m1/s1. The van der Waals surface area contributed by atoms with Crippen molar-refractivity contribution < 1.29 is 14.1 Å². The highest BCUT2D eigenvalue weighted by Gasteiger charge is 2.50. The SMILES string of the molecule is CC(C)(C)[Si](C)(C)ON1C(=O)N2C[C@H]1CC[C@H]2C(N)=O. The van der Waals surface area contributed by atoms with Crippen LogP contribution in [0.2, 0.25) is 18.1 Å². The topological polar surface area (TPSA) is 75.9 Å². The number of carbonyl (C=O) groups is 2. The lowest BCUT2D eigenvalue weighted by atomic mass is 10.0.